The molecule has 2 heterocycles. The second-order valence-corrected chi connectivity index (χ2v) is 3.23. The van der Waals surface area contributed by atoms with Crippen LogP contribution in [0.4, 0.5) is 11.6 Å². The van der Waals surface area contributed by atoms with Crippen LogP contribution >= 0.6 is 0 Å². The van der Waals surface area contributed by atoms with Crippen molar-refractivity contribution in [3.05, 3.63) is 30.0 Å². The van der Waals surface area contributed by atoms with Crippen LogP contribution in [0.15, 0.2) is 24.4 Å². The molecule has 0 amide bonds. The number of pyridine rings is 1. The minimum absolute atomic E-state index is 0.565. The van der Waals surface area contributed by atoms with Crippen LogP contribution in [0.25, 0.3) is 0 Å². The maximum absolute atomic E-state index is 5.66. The SMILES string of the molecule is COc1cccc(NCc2cn[nH]c2N)n1. The number of nitrogen functional groups attached to an aromatic ring is 1. The number of ether oxygens (including phenoxy) is 1. The third kappa shape index (κ3) is 2.22. The minimum Gasteiger partial charge on any atom is -0.481 e. The number of methoxy groups -OCH3 is 1. The lowest BCUT2D eigenvalue weighted by Gasteiger charge is -2.05. The molecule has 2 aromatic heterocycles. The molecule has 0 spiro atoms. The van der Waals surface area contributed by atoms with Crippen molar-refractivity contribution in [2.24, 2.45) is 0 Å². The Morgan fingerprint density at radius 2 is 2.38 bits per heavy atom. The molecule has 84 valence electrons. The molecular formula is C10H13N5O. The summed E-state index contributed by atoms with van der Waals surface area (Å²) in [5.74, 6) is 1.88. The summed E-state index contributed by atoms with van der Waals surface area (Å²) in [4.78, 5) is 4.22. The second-order valence-electron chi connectivity index (χ2n) is 3.23. The molecule has 4 N–H and O–H groups in total. The summed E-state index contributed by atoms with van der Waals surface area (Å²) in [7, 11) is 1.58. The van der Waals surface area contributed by atoms with Crippen LogP contribution in [0, 0.1) is 0 Å². The number of aromatic amines is 1. The number of nitrogens with one attached hydrogen (secondary N) is 2. The summed E-state index contributed by atoms with van der Waals surface area (Å²) < 4.78 is 5.02. The smallest absolute Gasteiger partial charge is 0.214 e. The fourth-order valence-electron chi connectivity index (χ4n) is 1.27. The zero-order valence-corrected chi connectivity index (χ0v) is 8.90. The average Bonchev–Trinajstić information content (AvgIpc) is 2.72. The lowest BCUT2D eigenvalue weighted by molar-refractivity contribution is 0.398. The maximum atomic E-state index is 5.66. The van der Waals surface area contributed by atoms with Gasteiger partial charge >= 0.3 is 0 Å². The first-order chi connectivity index (χ1) is 7.79. The molecule has 0 bridgehead atoms. The fourth-order valence-corrected chi connectivity index (χ4v) is 1.27. The van der Waals surface area contributed by atoms with E-state index in [4.69, 9.17) is 10.5 Å². The van der Waals surface area contributed by atoms with Crippen LogP contribution in [0.3, 0.4) is 0 Å². The normalized spacial score (nSPS) is 10.1. The highest BCUT2D eigenvalue weighted by atomic mass is 16.5. The van der Waals surface area contributed by atoms with Crippen LogP contribution < -0.4 is 15.8 Å². The fraction of sp³-hybridized carbons (Fsp3) is 0.200. The molecule has 0 aromatic carbocycles. The lowest BCUT2D eigenvalue weighted by atomic mass is 10.3. The van der Waals surface area contributed by atoms with Gasteiger partial charge in [0.25, 0.3) is 0 Å². The molecule has 0 saturated heterocycles. The lowest BCUT2D eigenvalue weighted by Crippen LogP contribution is -2.03. The Morgan fingerprint density at radius 1 is 1.50 bits per heavy atom. The highest BCUT2D eigenvalue weighted by Crippen LogP contribution is 2.13. The molecular weight excluding hydrogens is 206 g/mol. The molecule has 2 aromatic rings. The summed E-state index contributed by atoms with van der Waals surface area (Å²) in [6.07, 6.45) is 1.68. The van der Waals surface area contributed by atoms with Gasteiger partial charge in [-0.05, 0) is 6.07 Å². The van der Waals surface area contributed by atoms with Gasteiger partial charge in [0.2, 0.25) is 5.88 Å². The molecule has 0 aliphatic carbocycles. The van der Waals surface area contributed by atoms with E-state index in [1.54, 1.807) is 19.4 Å². The van der Waals surface area contributed by atoms with Crippen molar-refractivity contribution < 1.29 is 4.74 Å². The van der Waals surface area contributed by atoms with Gasteiger partial charge in [0.1, 0.15) is 11.6 Å². The average molecular weight is 219 g/mol. The second kappa shape index (κ2) is 4.52. The Labute approximate surface area is 92.8 Å². The van der Waals surface area contributed by atoms with E-state index >= 15 is 0 Å². The van der Waals surface area contributed by atoms with E-state index in [2.05, 4.69) is 20.5 Å². The predicted molar refractivity (Wildman–Crippen MR) is 61.1 cm³/mol. The number of anilines is 2. The first kappa shape index (κ1) is 10.3. The third-order valence-electron chi connectivity index (χ3n) is 2.14. The standard InChI is InChI=1S/C10H13N5O/c1-16-9-4-2-3-8(14-9)12-5-7-6-13-15-10(7)11/h2-4,6H,5H2,1H3,(H,12,14)(H3,11,13,15). The predicted octanol–water partition coefficient (Wildman–Crippen LogP) is 1.01. The van der Waals surface area contributed by atoms with Crippen LogP contribution in [-0.4, -0.2) is 22.3 Å². The molecule has 0 aliphatic heterocycles. The van der Waals surface area contributed by atoms with Gasteiger partial charge in [-0.25, -0.2) is 0 Å². The van der Waals surface area contributed by atoms with Gasteiger partial charge < -0.3 is 15.8 Å². The molecule has 6 nitrogen and oxygen atoms in total. The maximum Gasteiger partial charge on any atom is 0.214 e. The molecule has 0 aliphatic rings. The van der Waals surface area contributed by atoms with Crippen molar-refractivity contribution >= 4 is 11.6 Å². The van der Waals surface area contributed by atoms with Crippen molar-refractivity contribution in [2.45, 2.75) is 6.54 Å². The van der Waals surface area contributed by atoms with Gasteiger partial charge in [0.05, 0.1) is 13.3 Å². The highest BCUT2D eigenvalue weighted by Gasteiger charge is 2.01. The van der Waals surface area contributed by atoms with Gasteiger partial charge in [-0.1, -0.05) is 6.07 Å². The Balaban J connectivity index is 2.02. The highest BCUT2D eigenvalue weighted by molar-refractivity contribution is 5.42. The number of H-pyrrole nitrogens is 1. The van der Waals surface area contributed by atoms with Gasteiger partial charge in [-0.15, -0.1) is 0 Å². The van der Waals surface area contributed by atoms with E-state index < -0.39 is 0 Å². The van der Waals surface area contributed by atoms with E-state index in [-0.39, 0.29) is 0 Å². The molecule has 0 unspecified atom stereocenters. The first-order valence-electron chi connectivity index (χ1n) is 4.82. The van der Waals surface area contributed by atoms with Gasteiger partial charge in [0, 0.05) is 18.2 Å². The molecule has 2 rings (SSSR count). The Hall–Kier alpha value is -2.24. The topological polar surface area (TPSA) is 88.8 Å². The van der Waals surface area contributed by atoms with E-state index in [0.717, 1.165) is 11.4 Å². The number of rotatable bonds is 4. The summed E-state index contributed by atoms with van der Waals surface area (Å²) in [6, 6.07) is 5.52. The Kier molecular flexibility index (Phi) is 2.90. The summed E-state index contributed by atoms with van der Waals surface area (Å²) in [6.45, 7) is 0.572. The quantitative estimate of drug-likeness (QED) is 0.714. The molecule has 16 heavy (non-hydrogen) atoms. The Morgan fingerprint density at radius 3 is 3.06 bits per heavy atom. The van der Waals surface area contributed by atoms with Crippen molar-refractivity contribution in [3.8, 4) is 5.88 Å². The van der Waals surface area contributed by atoms with Crippen molar-refractivity contribution in [1.29, 1.82) is 0 Å². The van der Waals surface area contributed by atoms with E-state index in [0.29, 0.717) is 18.2 Å². The van der Waals surface area contributed by atoms with Crippen LogP contribution in [0.1, 0.15) is 5.56 Å². The molecule has 0 saturated carbocycles. The van der Waals surface area contributed by atoms with Crippen molar-refractivity contribution in [1.82, 2.24) is 15.2 Å². The Bertz CT molecular complexity index is 468. The molecule has 0 radical (unpaired) electrons. The number of aromatic nitrogens is 3. The summed E-state index contributed by atoms with van der Waals surface area (Å²) in [5.41, 5.74) is 6.56. The number of nitrogens with two attached hydrogens (primary N) is 1. The monoisotopic (exact) mass is 219 g/mol. The van der Waals surface area contributed by atoms with Gasteiger partial charge in [-0.3, -0.25) is 5.10 Å². The van der Waals surface area contributed by atoms with Crippen LogP contribution in [0.2, 0.25) is 0 Å². The summed E-state index contributed by atoms with van der Waals surface area (Å²) >= 11 is 0. The third-order valence-corrected chi connectivity index (χ3v) is 2.14. The van der Waals surface area contributed by atoms with E-state index in [9.17, 15) is 0 Å². The molecule has 0 fully saturated rings. The zero-order valence-electron chi connectivity index (χ0n) is 8.90. The molecule has 6 heteroatoms. The largest absolute Gasteiger partial charge is 0.481 e. The van der Waals surface area contributed by atoms with Gasteiger partial charge in [-0.2, -0.15) is 10.1 Å². The molecule has 0 atom stereocenters. The zero-order chi connectivity index (χ0) is 11.4. The summed E-state index contributed by atoms with van der Waals surface area (Å²) in [5, 5.41) is 9.63. The van der Waals surface area contributed by atoms with E-state index in [1.165, 1.54) is 0 Å². The number of hydrogen-bond acceptors (Lipinski definition) is 5. The van der Waals surface area contributed by atoms with E-state index in [1.807, 2.05) is 12.1 Å². The first-order valence-corrected chi connectivity index (χ1v) is 4.82. The number of hydrogen-bond donors (Lipinski definition) is 3. The van der Waals surface area contributed by atoms with Crippen molar-refractivity contribution in [2.75, 3.05) is 18.2 Å². The van der Waals surface area contributed by atoms with Crippen LogP contribution in [-0.2, 0) is 6.54 Å². The minimum atomic E-state index is 0.565. The van der Waals surface area contributed by atoms with Gasteiger partial charge in [0.15, 0.2) is 0 Å². The van der Waals surface area contributed by atoms with Crippen LogP contribution in [0.5, 0.6) is 5.88 Å². The number of nitrogens with zero attached hydrogens (tertiary/aromatic N) is 2. The van der Waals surface area contributed by atoms with Crippen molar-refractivity contribution in [3.63, 3.8) is 0 Å².